The first-order chi connectivity index (χ1) is 16.6. The number of ether oxygens (including phenoxy) is 3. The topological polar surface area (TPSA) is 44.8 Å². The van der Waals surface area contributed by atoms with Crippen molar-refractivity contribution in [2.45, 2.75) is 118 Å². The van der Waals surface area contributed by atoms with Crippen LogP contribution in [0.1, 0.15) is 128 Å². The lowest BCUT2D eigenvalue weighted by atomic mass is 9.93. The maximum atomic E-state index is 12.2. The third-order valence-corrected chi connectivity index (χ3v) is 6.75. The maximum Gasteiger partial charge on any atom is 0.338 e. The van der Waals surface area contributed by atoms with Crippen LogP contribution in [0.2, 0.25) is 0 Å². The second-order valence-electron chi connectivity index (χ2n) is 9.76. The Labute approximate surface area is 210 Å². The standard InChI is InChI=1S/C30H52O4/c1-6-10-14-25(15-11-7-2)18-20-33-28-22-27(30(31)32-5)23-29(24-28)34-21-19-26(16-12-8-3)17-13-9-4/h22-26H,6-21H2,1-5H3. The largest absolute Gasteiger partial charge is 0.493 e. The first-order valence-corrected chi connectivity index (χ1v) is 14.1. The van der Waals surface area contributed by atoms with Crippen LogP contribution in [0.5, 0.6) is 11.5 Å². The molecule has 0 radical (unpaired) electrons. The van der Waals surface area contributed by atoms with Crippen LogP contribution in [-0.4, -0.2) is 26.3 Å². The van der Waals surface area contributed by atoms with E-state index in [1.54, 1.807) is 12.1 Å². The number of hydrogen-bond acceptors (Lipinski definition) is 4. The van der Waals surface area contributed by atoms with Crippen molar-refractivity contribution in [1.82, 2.24) is 0 Å². The molecule has 0 unspecified atom stereocenters. The molecule has 0 saturated heterocycles. The van der Waals surface area contributed by atoms with E-state index in [9.17, 15) is 4.79 Å². The lowest BCUT2D eigenvalue weighted by molar-refractivity contribution is 0.0599. The molecular formula is C30H52O4. The number of benzene rings is 1. The van der Waals surface area contributed by atoms with Crippen LogP contribution in [0.25, 0.3) is 0 Å². The molecule has 0 spiro atoms. The van der Waals surface area contributed by atoms with Gasteiger partial charge in [0.15, 0.2) is 0 Å². The molecule has 0 heterocycles. The van der Waals surface area contributed by atoms with Gasteiger partial charge in [0.2, 0.25) is 0 Å². The number of rotatable bonds is 21. The zero-order valence-corrected chi connectivity index (χ0v) is 22.8. The van der Waals surface area contributed by atoms with Gasteiger partial charge in [-0.1, -0.05) is 105 Å². The zero-order chi connectivity index (χ0) is 25.0. The number of methoxy groups -OCH3 is 1. The minimum atomic E-state index is -0.358. The molecule has 4 nitrogen and oxygen atoms in total. The Balaban J connectivity index is 2.73. The Hall–Kier alpha value is -1.71. The van der Waals surface area contributed by atoms with Crippen LogP contribution in [0.3, 0.4) is 0 Å². The van der Waals surface area contributed by atoms with Gasteiger partial charge < -0.3 is 14.2 Å². The van der Waals surface area contributed by atoms with E-state index in [0.717, 1.165) is 12.8 Å². The summed E-state index contributed by atoms with van der Waals surface area (Å²) in [5.41, 5.74) is 0.483. The zero-order valence-electron chi connectivity index (χ0n) is 22.8. The third kappa shape index (κ3) is 13.2. The summed E-state index contributed by atoms with van der Waals surface area (Å²) >= 11 is 0. The molecule has 4 heteroatoms. The van der Waals surface area contributed by atoms with E-state index in [-0.39, 0.29) is 5.97 Å². The summed E-state index contributed by atoms with van der Waals surface area (Å²) in [6.07, 6.45) is 17.3. The molecule has 0 amide bonds. The second-order valence-corrected chi connectivity index (χ2v) is 9.76. The van der Waals surface area contributed by atoms with Crippen LogP contribution < -0.4 is 9.47 Å². The summed E-state index contributed by atoms with van der Waals surface area (Å²) in [6, 6.07) is 5.47. The first kappa shape index (κ1) is 30.3. The van der Waals surface area contributed by atoms with Crippen LogP contribution in [0, 0.1) is 11.8 Å². The van der Waals surface area contributed by atoms with E-state index in [1.807, 2.05) is 6.07 Å². The van der Waals surface area contributed by atoms with Crippen molar-refractivity contribution in [1.29, 1.82) is 0 Å². The molecule has 0 bridgehead atoms. The van der Waals surface area contributed by atoms with Gasteiger partial charge in [-0.25, -0.2) is 4.79 Å². The van der Waals surface area contributed by atoms with Gasteiger partial charge in [0.05, 0.1) is 25.9 Å². The molecule has 0 fully saturated rings. The van der Waals surface area contributed by atoms with Gasteiger partial charge in [-0.2, -0.15) is 0 Å². The average Bonchev–Trinajstić information content (AvgIpc) is 2.85. The Morgan fingerprint density at radius 1 is 0.647 bits per heavy atom. The lowest BCUT2D eigenvalue weighted by Crippen LogP contribution is -2.10. The second kappa shape index (κ2) is 19.6. The van der Waals surface area contributed by atoms with Crippen molar-refractivity contribution < 1.29 is 19.0 Å². The van der Waals surface area contributed by atoms with Crippen LogP contribution in [0.4, 0.5) is 0 Å². The lowest BCUT2D eigenvalue weighted by Gasteiger charge is -2.18. The Bertz CT molecular complexity index is 582. The number of esters is 1. The van der Waals surface area contributed by atoms with Crippen molar-refractivity contribution in [3.63, 3.8) is 0 Å². The van der Waals surface area contributed by atoms with Crippen molar-refractivity contribution >= 4 is 5.97 Å². The first-order valence-electron chi connectivity index (χ1n) is 14.1. The Morgan fingerprint density at radius 3 is 1.35 bits per heavy atom. The summed E-state index contributed by atoms with van der Waals surface area (Å²) in [4.78, 5) is 12.2. The molecule has 1 aromatic rings. The normalized spacial score (nSPS) is 11.3. The van der Waals surface area contributed by atoms with Gasteiger partial charge in [0.1, 0.15) is 11.5 Å². The van der Waals surface area contributed by atoms with E-state index in [0.29, 0.717) is 42.1 Å². The number of carbonyl (C=O) groups is 1. The van der Waals surface area contributed by atoms with Crippen LogP contribution in [0.15, 0.2) is 18.2 Å². The van der Waals surface area contributed by atoms with Gasteiger partial charge in [-0.15, -0.1) is 0 Å². The third-order valence-electron chi connectivity index (χ3n) is 6.75. The van der Waals surface area contributed by atoms with E-state index < -0.39 is 0 Å². The SMILES string of the molecule is CCCCC(CCCC)CCOc1cc(OCCC(CCCC)CCCC)cc(C(=O)OC)c1. The van der Waals surface area contributed by atoms with Gasteiger partial charge >= 0.3 is 5.97 Å². The molecule has 0 N–H and O–H groups in total. The van der Waals surface area contributed by atoms with E-state index in [4.69, 9.17) is 14.2 Å². The highest BCUT2D eigenvalue weighted by Crippen LogP contribution is 2.27. The Kier molecular flexibility index (Phi) is 17.5. The summed E-state index contributed by atoms with van der Waals surface area (Å²) in [5.74, 6) is 2.44. The van der Waals surface area contributed by atoms with Gasteiger partial charge in [0, 0.05) is 6.07 Å². The Morgan fingerprint density at radius 2 is 1.03 bits per heavy atom. The minimum Gasteiger partial charge on any atom is -0.493 e. The van der Waals surface area contributed by atoms with Gasteiger partial charge in [-0.05, 0) is 36.8 Å². The fourth-order valence-corrected chi connectivity index (χ4v) is 4.50. The van der Waals surface area contributed by atoms with E-state index in [2.05, 4.69) is 27.7 Å². The van der Waals surface area contributed by atoms with Crippen molar-refractivity contribution in [2.75, 3.05) is 20.3 Å². The molecule has 0 aromatic heterocycles. The molecule has 34 heavy (non-hydrogen) atoms. The van der Waals surface area contributed by atoms with Gasteiger partial charge in [0.25, 0.3) is 0 Å². The van der Waals surface area contributed by atoms with Gasteiger partial charge in [-0.3, -0.25) is 0 Å². The smallest absolute Gasteiger partial charge is 0.338 e. The molecule has 1 aromatic carbocycles. The summed E-state index contributed by atoms with van der Waals surface area (Å²) < 4.78 is 17.2. The summed E-state index contributed by atoms with van der Waals surface area (Å²) in [7, 11) is 1.41. The molecule has 0 saturated carbocycles. The van der Waals surface area contributed by atoms with Crippen LogP contribution >= 0.6 is 0 Å². The fraction of sp³-hybridized carbons (Fsp3) is 0.767. The van der Waals surface area contributed by atoms with Crippen molar-refractivity contribution in [3.05, 3.63) is 23.8 Å². The monoisotopic (exact) mass is 476 g/mol. The van der Waals surface area contributed by atoms with Crippen molar-refractivity contribution in [2.24, 2.45) is 11.8 Å². The highest BCUT2D eigenvalue weighted by atomic mass is 16.5. The maximum absolute atomic E-state index is 12.2. The molecule has 1 rings (SSSR count). The highest BCUT2D eigenvalue weighted by Gasteiger charge is 2.14. The highest BCUT2D eigenvalue weighted by molar-refractivity contribution is 5.90. The number of hydrogen-bond donors (Lipinski definition) is 0. The number of unbranched alkanes of at least 4 members (excludes halogenated alkanes) is 4. The molecule has 0 aliphatic rings. The fourth-order valence-electron chi connectivity index (χ4n) is 4.50. The molecule has 196 valence electrons. The van der Waals surface area contributed by atoms with E-state index >= 15 is 0 Å². The predicted octanol–water partition coefficient (Wildman–Crippen LogP) is 9.00. The summed E-state index contributed by atoms with van der Waals surface area (Å²) in [6.45, 7) is 10.3. The van der Waals surface area contributed by atoms with E-state index in [1.165, 1.54) is 84.2 Å². The molecule has 0 aliphatic carbocycles. The predicted molar refractivity (Wildman–Crippen MR) is 143 cm³/mol. The number of carbonyl (C=O) groups excluding carboxylic acids is 1. The minimum absolute atomic E-state index is 0.358. The molecule has 0 aliphatic heterocycles. The molecular weight excluding hydrogens is 424 g/mol. The quantitative estimate of drug-likeness (QED) is 0.166. The van der Waals surface area contributed by atoms with Crippen molar-refractivity contribution in [3.8, 4) is 11.5 Å². The van der Waals surface area contributed by atoms with Crippen LogP contribution in [-0.2, 0) is 4.74 Å². The average molecular weight is 477 g/mol. The molecule has 0 atom stereocenters. The summed E-state index contributed by atoms with van der Waals surface area (Å²) in [5, 5.41) is 0.